The Morgan fingerprint density at radius 3 is 2.89 bits per heavy atom. The zero-order chi connectivity index (χ0) is 13.0. The topological polar surface area (TPSA) is 106 Å². The molecule has 0 aliphatic heterocycles. The van der Waals surface area contributed by atoms with E-state index in [1.807, 2.05) is 6.92 Å². The lowest BCUT2D eigenvalue weighted by Gasteiger charge is -2.11. The number of nitrogens with two attached hydrogens (primary N) is 1. The van der Waals surface area contributed by atoms with Crippen LogP contribution in [0.4, 0.5) is 11.9 Å². The van der Waals surface area contributed by atoms with Gasteiger partial charge < -0.3 is 20.9 Å². The molecule has 1 aromatic rings. The fourth-order valence-corrected chi connectivity index (χ4v) is 1.55. The summed E-state index contributed by atoms with van der Waals surface area (Å²) in [5.74, 6) is 0.861. The molecule has 100 valence electrons. The molecule has 0 aromatic carbocycles. The zero-order valence-corrected chi connectivity index (χ0v) is 10.5. The number of aliphatic hydroxyl groups excluding tert-OH is 1. The Morgan fingerprint density at radius 1 is 1.44 bits per heavy atom. The Balaban J connectivity index is 1.91. The van der Waals surface area contributed by atoms with E-state index in [-0.39, 0.29) is 18.1 Å². The van der Waals surface area contributed by atoms with Crippen LogP contribution in [0.5, 0.6) is 6.01 Å². The van der Waals surface area contributed by atoms with Gasteiger partial charge in [0.05, 0.1) is 12.7 Å². The van der Waals surface area contributed by atoms with E-state index >= 15 is 0 Å². The SMILES string of the molecule is CCCOc1nc(N)nc(NCC(O)C2CC2)n1. The van der Waals surface area contributed by atoms with Crippen molar-refractivity contribution in [1.29, 1.82) is 0 Å². The number of rotatable bonds is 7. The summed E-state index contributed by atoms with van der Waals surface area (Å²) in [5.41, 5.74) is 5.56. The largest absolute Gasteiger partial charge is 0.463 e. The third-order valence-corrected chi connectivity index (χ3v) is 2.70. The maximum atomic E-state index is 9.73. The Hall–Kier alpha value is -1.63. The molecule has 1 aromatic heterocycles. The number of aromatic nitrogens is 3. The van der Waals surface area contributed by atoms with E-state index < -0.39 is 0 Å². The molecule has 7 nitrogen and oxygen atoms in total. The molecule has 0 spiro atoms. The number of nitrogen functional groups attached to an aromatic ring is 1. The number of hydrogen-bond acceptors (Lipinski definition) is 7. The van der Waals surface area contributed by atoms with E-state index in [0.717, 1.165) is 19.3 Å². The Labute approximate surface area is 106 Å². The molecule has 1 heterocycles. The molecule has 0 amide bonds. The molecule has 7 heteroatoms. The lowest BCUT2D eigenvalue weighted by molar-refractivity contribution is 0.164. The van der Waals surface area contributed by atoms with Crippen molar-refractivity contribution >= 4 is 11.9 Å². The summed E-state index contributed by atoms with van der Waals surface area (Å²) in [6.45, 7) is 2.95. The first kappa shape index (κ1) is 12.8. The maximum Gasteiger partial charge on any atom is 0.323 e. The Kier molecular flexibility index (Phi) is 4.14. The molecule has 18 heavy (non-hydrogen) atoms. The Bertz CT molecular complexity index is 397. The minimum absolute atomic E-state index is 0.111. The molecule has 0 radical (unpaired) electrons. The lowest BCUT2D eigenvalue weighted by atomic mass is 10.2. The van der Waals surface area contributed by atoms with Crippen LogP contribution in [0, 0.1) is 5.92 Å². The number of nitrogens with one attached hydrogen (secondary N) is 1. The van der Waals surface area contributed by atoms with Gasteiger partial charge in [0, 0.05) is 6.54 Å². The summed E-state index contributed by atoms with van der Waals surface area (Å²) >= 11 is 0. The quantitative estimate of drug-likeness (QED) is 0.646. The second-order valence-electron chi connectivity index (χ2n) is 4.43. The van der Waals surface area contributed by atoms with Gasteiger partial charge in [-0.25, -0.2) is 0 Å². The van der Waals surface area contributed by atoms with Gasteiger partial charge in [-0.05, 0) is 25.2 Å². The minimum atomic E-state index is -0.358. The van der Waals surface area contributed by atoms with Crippen molar-refractivity contribution in [2.45, 2.75) is 32.3 Å². The highest BCUT2D eigenvalue weighted by Crippen LogP contribution is 2.32. The minimum Gasteiger partial charge on any atom is -0.463 e. The van der Waals surface area contributed by atoms with E-state index in [2.05, 4.69) is 20.3 Å². The highest BCUT2D eigenvalue weighted by atomic mass is 16.5. The average Bonchev–Trinajstić information content (AvgIpc) is 3.17. The molecule has 0 bridgehead atoms. The maximum absolute atomic E-state index is 9.73. The third kappa shape index (κ3) is 3.69. The fourth-order valence-electron chi connectivity index (χ4n) is 1.55. The van der Waals surface area contributed by atoms with Crippen molar-refractivity contribution < 1.29 is 9.84 Å². The molecule has 1 aliphatic carbocycles. The summed E-state index contributed by atoms with van der Waals surface area (Å²) in [5, 5.41) is 12.7. The number of nitrogens with zero attached hydrogens (tertiary/aromatic N) is 3. The van der Waals surface area contributed by atoms with Gasteiger partial charge in [-0.2, -0.15) is 15.0 Å². The highest BCUT2D eigenvalue weighted by molar-refractivity contribution is 5.32. The van der Waals surface area contributed by atoms with Gasteiger partial charge in [-0.1, -0.05) is 6.92 Å². The van der Waals surface area contributed by atoms with E-state index in [4.69, 9.17) is 10.5 Å². The van der Waals surface area contributed by atoms with E-state index in [1.54, 1.807) is 0 Å². The number of anilines is 2. The molecule has 4 N–H and O–H groups in total. The first-order valence-corrected chi connectivity index (χ1v) is 6.25. The van der Waals surface area contributed by atoms with Crippen LogP contribution in [-0.2, 0) is 0 Å². The van der Waals surface area contributed by atoms with Gasteiger partial charge in [0.25, 0.3) is 0 Å². The van der Waals surface area contributed by atoms with E-state index in [9.17, 15) is 5.11 Å². The van der Waals surface area contributed by atoms with Gasteiger partial charge >= 0.3 is 6.01 Å². The fraction of sp³-hybridized carbons (Fsp3) is 0.727. The molecule has 1 saturated carbocycles. The first-order valence-electron chi connectivity index (χ1n) is 6.25. The predicted octanol–water partition coefficient (Wildman–Crippen LogP) is 0.425. The van der Waals surface area contributed by atoms with E-state index in [1.165, 1.54) is 0 Å². The third-order valence-electron chi connectivity index (χ3n) is 2.70. The highest BCUT2D eigenvalue weighted by Gasteiger charge is 2.29. The summed E-state index contributed by atoms with van der Waals surface area (Å²) in [7, 11) is 0. The van der Waals surface area contributed by atoms with Gasteiger partial charge in [0.15, 0.2) is 0 Å². The van der Waals surface area contributed by atoms with Crippen LogP contribution >= 0.6 is 0 Å². The first-order chi connectivity index (χ1) is 8.69. The van der Waals surface area contributed by atoms with Gasteiger partial charge in [0.1, 0.15) is 0 Å². The molecule has 1 unspecified atom stereocenters. The number of aliphatic hydroxyl groups is 1. The van der Waals surface area contributed by atoms with Crippen molar-refractivity contribution in [3.05, 3.63) is 0 Å². The van der Waals surface area contributed by atoms with Crippen molar-refractivity contribution in [3.8, 4) is 6.01 Å². The Morgan fingerprint density at radius 2 is 2.22 bits per heavy atom. The van der Waals surface area contributed by atoms with Crippen molar-refractivity contribution in [2.75, 3.05) is 24.2 Å². The van der Waals surface area contributed by atoms with Crippen LogP contribution in [0.2, 0.25) is 0 Å². The number of hydrogen-bond donors (Lipinski definition) is 3. The van der Waals surface area contributed by atoms with Crippen LogP contribution in [-0.4, -0.2) is 39.3 Å². The van der Waals surface area contributed by atoms with E-state index in [0.29, 0.717) is 25.0 Å². The van der Waals surface area contributed by atoms with Gasteiger partial charge in [0.2, 0.25) is 11.9 Å². The van der Waals surface area contributed by atoms with Crippen LogP contribution in [0.3, 0.4) is 0 Å². The predicted molar refractivity (Wildman–Crippen MR) is 67.2 cm³/mol. The molecule has 1 fully saturated rings. The molecule has 1 atom stereocenters. The van der Waals surface area contributed by atoms with Crippen LogP contribution in [0.25, 0.3) is 0 Å². The van der Waals surface area contributed by atoms with Crippen LogP contribution in [0.15, 0.2) is 0 Å². The van der Waals surface area contributed by atoms with Crippen LogP contribution in [0.1, 0.15) is 26.2 Å². The average molecular weight is 253 g/mol. The lowest BCUT2D eigenvalue weighted by Crippen LogP contribution is -2.22. The summed E-state index contributed by atoms with van der Waals surface area (Å²) in [6.07, 6.45) is 2.69. The standard InChI is InChI=1S/C11H19N5O2/c1-2-5-18-11-15-9(12)14-10(16-11)13-6-8(17)7-3-4-7/h7-8,17H,2-6H2,1H3,(H3,12,13,14,15,16). The number of ether oxygens (including phenoxy) is 1. The van der Waals surface area contributed by atoms with Gasteiger partial charge in [-0.3, -0.25) is 0 Å². The zero-order valence-electron chi connectivity index (χ0n) is 10.5. The van der Waals surface area contributed by atoms with Crippen molar-refractivity contribution in [1.82, 2.24) is 15.0 Å². The monoisotopic (exact) mass is 253 g/mol. The van der Waals surface area contributed by atoms with Crippen molar-refractivity contribution in [2.24, 2.45) is 5.92 Å². The molecule has 1 aliphatic rings. The molecule has 0 saturated heterocycles. The van der Waals surface area contributed by atoms with Gasteiger partial charge in [-0.15, -0.1) is 0 Å². The second kappa shape index (κ2) is 5.81. The summed E-state index contributed by atoms with van der Waals surface area (Å²) in [4.78, 5) is 11.9. The molecular weight excluding hydrogens is 234 g/mol. The second-order valence-corrected chi connectivity index (χ2v) is 4.43. The summed E-state index contributed by atoms with van der Waals surface area (Å²) < 4.78 is 5.30. The van der Waals surface area contributed by atoms with Crippen molar-refractivity contribution in [3.63, 3.8) is 0 Å². The van der Waals surface area contributed by atoms with Crippen LogP contribution < -0.4 is 15.8 Å². The smallest absolute Gasteiger partial charge is 0.323 e. The summed E-state index contributed by atoms with van der Waals surface area (Å²) in [6, 6.07) is 0.216. The normalized spacial score (nSPS) is 16.3. The molecular formula is C11H19N5O2. The molecule has 2 rings (SSSR count).